The van der Waals surface area contributed by atoms with Gasteiger partial charge >= 0.3 is 0 Å². The fourth-order valence-electron chi connectivity index (χ4n) is 1.96. The molecule has 6 heteroatoms. The third-order valence-corrected chi connectivity index (χ3v) is 4.62. The first-order valence-corrected chi connectivity index (χ1v) is 8.23. The summed E-state index contributed by atoms with van der Waals surface area (Å²) in [7, 11) is 0. The van der Waals surface area contributed by atoms with Crippen LogP contribution < -0.4 is 5.32 Å². The number of thioether (sulfide) groups is 1. The second-order valence-corrected chi connectivity index (χ2v) is 6.51. The molecule has 120 valence electrons. The van der Waals surface area contributed by atoms with Gasteiger partial charge in [-0.15, -0.1) is 11.8 Å². The van der Waals surface area contributed by atoms with Crippen molar-refractivity contribution in [3.63, 3.8) is 0 Å². The van der Waals surface area contributed by atoms with Crippen LogP contribution in [0.25, 0.3) is 0 Å². The van der Waals surface area contributed by atoms with Crippen LogP contribution in [0.4, 0.5) is 11.4 Å². The second kappa shape index (κ2) is 7.78. The number of nitrogens with one attached hydrogen (secondary N) is 1. The van der Waals surface area contributed by atoms with E-state index in [4.69, 9.17) is 0 Å². The van der Waals surface area contributed by atoms with Gasteiger partial charge in [-0.25, -0.2) is 0 Å². The Morgan fingerprint density at radius 2 is 1.96 bits per heavy atom. The molecule has 2 aromatic carbocycles. The Morgan fingerprint density at radius 3 is 2.61 bits per heavy atom. The summed E-state index contributed by atoms with van der Waals surface area (Å²) in [4.78, 5) is 22.6. The van der Waals surface area contributed by atoms with Crippen LogP contribution in [-0.4, -0.2) is 16.1 Å². The zero-order valence-corrected chi connectivity index (χ0v) is 13.8. The number of nitro benzene ring substituents is 1. The first-order chi connectivity index (χ1) is 11.0. The van der Waals surface area contributed by atoms with Crippen LogP contribution in [0.2, 0.25) is 0 Å². The molecule has 0 aliphatic rings. The van der Waals surface area contributed by atoms with E-state index in [0.29, 0.717) is 5.69 Å². The average Bonchev–Trinajstić information content (AvgIpc) is 2.55. The van der Waals surface area contributed by atoms with Gasteiger partial charge in [-0.05, 0) is 25.0 Å². The number of amides is 1. The largest absolute Gasteiger partial charge is 0.325 e. The molecular weight excluding hydrogens is 312 g/mol. The van der Waals surface area contributed by atoms with Gasteiger partial charge in [0, 0.05) is 17.9 Å². The monoisotopic (exact) mass is 330 g/mol. The Balaban J connectivity index is 1.98. The summed E-state index contributed by atoms with van der Waals surface area (Å²) in [5.41, 5.74) is 2.40. The lowest BCUT2D eigenvalue weighted by atomic mass is 10.2. The maximum Gasteiger partial charge on any atom is 0.271 e. The minimum atomic E-state index is -0.470. The van der Waals surface area contributed by atoms with Crippen LogP contribution in [0.15, 0.2) is 48.5 Å². The van der Waals surface area contributed by atoms with Crippen molar-refractivity contribution in [3.8, 4) is 0 Å². The molecule has 0 spiro atoms. The summed E-state index contributed by atoms with van der Waals surface area (Å²) in [5, 5.41) is 13.4. The van der Waals surface area contributed by atoms with Crippen LogP contribution >= 0.6 is 11.8 Å². The highest BCUT2D eigenvalue weighted by Gasteiger charge is 2.16. The third-order valence-electron chi connectivity index (χ3n) is 3.40. The standard InChI is InChI=1S/C17H18N2O3S/c1-12-8-9-15(19(21)22)10-16(12)18-17(20)13(2)23-11-14-6-4-3-5-7-14/h3-10,13H,11H2,1-2H3,(H,18,20). The van der Waals surface area contributed by atoms with Crippen molar-refractivity contribution in [1.29, 1.82) is 0 Å². The molecule has 2 rings (SSSR count). The SMILES string of the molecule is Cc1ccc([N+](=O)[O-])cc1NC(=O)C(C)SCc1ccccc1. The quantitative estimate of drug-likeness (QED) is 0.637. The maximum atomic E-state index is 12.3. The van der Waals surface area contributed by atoms with Gasteiger partial charge in [0.15, 0.2) is 0 Å². The van der Waals surface area contributed by atoms with Crippen molar-refractivity contribution >= 4 is 29.0 Å². The Kier molecular flexibility index (Phi) is 5.76. The van der Waals surface area contributed by atoms with Gasteiger partial charge < -0.3 is 5.32 Å². The van der Waals surface area contributed by atoms with Crippen LogP contribution in [0.3, 0.4) is 0 Å². The molecule has 1 N–H and O–H groups in total. The van der Waals surface area contributed by atoms with Gasteiger partial charge in [0.25, 0.3) is 5.69 Å². The van der Waals surface area contributed by atoms with E-state index in [1.54, 1.807) is 13.0 Å². The number of hydrogen-bond acceptors (Lipinski definition) is 4. The molecule has 0 radical (unpaired) electrons. The topological polar surface area (TPSA) is 72.2 Å². The molecular formula is C17H18N2O3S. The van der Waals surface area contributed by atoms with Crippen molar-refractivity contribution in [2.75, 3.05) is 5.32 Å². The first kappa shape index (κ1) is 17.0. The van der Waals surface area contributed by atoms with E-state index < -0.39 is 4.92 Å². The van der Waals surface area contributed by atoms with Crippen molar-refractivity contribution in [2.45, 2.75) is 24.9 Å². The summed E-state index contributed by atoms with van der Waals surface area (Å²) >= 11 is 1.53. The molecule has 0 aliphatic carbocycles. The van der Waals surface area contributed by atoms with Gasteiger partial charge in [0.2, 0.25) is 5.91 Å². The zero-order chi connectivity index (χ0) is 16.8. The minimum Gasteiger partial charge on any atom is -0.325 e. The third kappa shape index (κ3) is 4.82. The summed E-state index contributed by atoms with van der Waals surface area (Å²) in [6.45, 7) is 3.64. The Bertz CT molecular complexity index is 704. The number of nitrogens with zero attached hydrogens (tertiary/aromatic N) is 1. The van der Waals surface area contributed by atoms with Gasteiger partial charge in [0.05, 0.1) is 15.9 Å². The van der Waals surface area contributed by atoms with Crippen molar-refractivity contribution in [2.24, 2.45) is 0 Å². The first-order valence-electron chi connectivity index (χ1n) is 7.19. The predicted octanol–water partition coefficient (Wildman–Crippen LogP) is 4.16. The maximum absolute atomic E-state index is 12.3. The number of aryl methyl sites for hydroxylation is 1. The lowest BCUT2D eigenvalue weighted by Crippen LogP contribution is -2.23. The second-order valence-electron chi connectivity index (χ2n) is 5.18. The van der Waals surface area contributed by atoms with Crippen molar-refractivity contribution < 1.29 is 9.72 Å². The Morgan fingerprint density at radius 1 is 1.26 bits per heavy atom. The molecule has 0 bridgehead atoms. The predicted molar refractivity (Wildman–Crippen MR) is 93.7 cm³/mol. The van der Waals surface area contributed by atoms with Crippen molar-refractivity contribution in [3.05, 3.63) is 69.8 Å². The molecule has 1 amide bonds. The molecule has 0 saturated carbocycles. The number of hydrogen-bond donors (Lipinski definition) is 1. The summed E-state index contributed by atoms with van der Waals surface area (Å²) in [5.74, 6) is 0.582. The van der Waals surface area contributed by atoms with E-state index in [9.17, 15) is 14.9 Å². The lowest BCUT2D eigenvalue weighted by Gasteiger charge is -2.13. The number of rotatable bonds is 6. The van der Waals surface area contributed by atoms with Crippen LogP contribution in [0, 0.1) is 17.0 Å². The zero-order valence-electron chi connectivity index (χ0n) is 13.0. The molecule has 0 heterocycles. The molecule has 0 aliphatic heterocycles. The molecule has 23 heavy (non-hydrogen) atoms. The number of benzene rings is 2. The Labute approximate surface area is 139 Å². The van der Waals surface area contributed by atoms with E-state index in [2.05, 4.69) is 5.32 Å². The van der Waals surface area contributed by atoms with Crippen LogP contribution in [0.5, 0.6) is 0 Å². The molecule has 5 nitrogen and oxygen atoms in total. The smallest absolute Gasteiger partial charge is 0.271 e. The fraction of sp³-hybridized carbons (Fsp3) is 0.235. The number of nitro groups is 1. The fourth-order valence-corrected chi connectivity index (χ4v) is 2.81. The summed E-state index contributed by atoms with van der Waals surface area (Å²) < 4.78 is 0. The lowest BCUT2D eigenvalue weighted by molar-refractivity contribution is -0.384. The van der Waals surface area contributed by atoms with Gasteiger partial charge in [0.1, 0.15) is 0 Å². The summed E-state index contributed by atoms with van der Waals surface area (Å²) in [6, 6.07) is 14.4. The highest BCUT2D eigenvalue weighted by Crippen LogP contribution is 2.24. The normalized spacial score (nSPS) is 11.7. The molecule has 2 aromatic rings. The number of non-ortho nitro benzene ring substituents is 1. The van der Waals surface area contributed by atoms with Crippen LogP contribution in [-0.2, 0) is 10.5 Å². The van der Waals surface area contributed by atoms with Gasteiger partial charge in [-0.1, -0.05) is 36.4 Å². The van der Waals surface area contributed by atoms with E-state index in [1.807, 2.05) is 37.3 Å². The highest BCUT2D eigenvalue weighted by molar-refractivity contribution is 7.99. The van der Waals surface area contributed by atoms with E-state index in [-0.39, 0.29) is 16.8 Å². The van der Waals surface area contributed by atoms with Gasteiger partial charge in [-0.2, -0.15) is 0 Å². The Hall–Kier alpha value is -2.34. The molecule has 0 aromatic heterocycles. The number of carbonyl (C=O) groups excluding carboxylic acids is 1. The number of carbonyl (C=O) groups is 1. The van der Waals surface area contributed by atoms with E-state index >= 15 is 0 Å². The van der Waals surface area contributed by atoms with Crippen LogP contribution in [0.1, 0.15) is 18.1 Å². The van der Waals surface area contributed by atoms with Crippen molar-refractivity contribution in [1.82, 2.24) is 0 Å². The number of anilines is 1. The molecule has 0 fully saturated rings. The van der Waals surface area contributed by atoms with E-state index in [1.165, 1.54) is 23.9 Å². The van der Waals surface area contributed by atoms with E-state index in [0.717, 1.165) is 16.9 Å². The minimum absolute atomic E-state index is 0.0320. The molecule has 0 saturated heterocycles. The molecule has 1 atom stereocenters. The average molecular weight is 330 g/mol. The molecule has 1 unspecified atom stereocenters. The summed E-state index contributed by atoms with van der Waals surface area (Å²) in [6.07, 6.45) is 0. The highest BCUT2D eigenvalue weighted by atomic mass is 32.2. The van der Waals surface area contributed by atoms with Gasteiger partial charge in [-0.3, -0.25) is 14.9 Å².